The Kier molecular flexibility index (Phi) is 8.88. The summed E-state index contributed by atoms with van der Waals surface area (Å²) >= 11 is 5.41. The fraction of sp³-hybridized carbons (Fsp3) is 0. The molecule has 0 atom stereocenters. The van der Waals surface area contributed by atoms with Gasteiger partial charge in [-0.05, 0) is 6.08 Å². The summed E-state index contributed by atoms with van der Waals surface area (Å²) in [5.41, 5.74) is 2.74. The quantitative estimate of drug-likeness (QED) is 0.304. The minimum Gasteiger partial charge on any atom is -1.00 e. The summed E-state index contributed by atoms with van der Waals surface area (Å²) < 4.78 is 0. The fourth-order valence-electron chi connectivity index (χ4n) is 0.302. The average Bonchev–Trinajstić information content (AvgIpc) is 1.69. The van der Waals surface area contributed by atoms with Gasteiger partial charge >= 0.3 is 19.5 Å². The summed E-state index contributed by atoms with van der Waals surface area (Å²) in [6.45, 7) is 0. The Morgan fingerprint density at radius 2 is 2.22 bits per heavy atom. The van der Waals surface area contributed by atoms with E-state index in [0.29, 0.717) is 5.16 Å². The zero-order chi connectivity index (χ0) is 5.11. The van der Waals surface area contributed by atoms with Crippen molar-refractivity contribution in [2.75, 3.05) is 0 Å². The molecule has 0 bridgehead atoms. The van der Waals surface area contributed by atoms with Crippen LogP contribution in [0.3, 0.4) is 0 Å². The molecule has 1 heterocycles. The van der Waals surface area contributed by atoms with E-state index >= 15 is 0 Å². The molecule has 0 fully saturated rings. The maximum absolute atomic E-state index is 5.41. The van der Waals surface area contributed by atoms with Gasteiger partial charge in [-0.2, -0.15) is 0 Å². The van der Waals surface area contributed by atoms with E-state index in [-0.39, 0.29) is 36.5 Å². The first-order chi connectivity index (χ1) is 3.39. The van der Waals surface area contributed by atoms with E-state index in [1.807, 2.05) is 0 Å². The molecule has 0 aromatic carbocycles. The van der Waals surface area contributed by atoms with Gasteiger partial charge in [-0.25, -0.2) is 0 Å². The smallest absolute Gasteiger partial charge is 1.00 e. The van der Waals surface area contributed by atoms with Crippen LogP contribution >= 0.6 is 11.6 Å². The van der Waals surface area contributed by atoms with Crippen LogP contribution in [0.25, 0.3) is 5.32 Å². The summed E-state index contributed by atoms with van der Waals surface area (Å²) in [4.78, 5) is 0. The SMILES string of the molecule is ClC1=CC=C=C[N-]1.[Br-].[Zn+2]. The Morgan fingerprint density at radius 1 is 1.56 bits per heavy atom. The number of allylic oxidation sites excluding steroid dienone is 2. The Bertz CT molecular complexity index is 160. The molecule has 4 heteroatoms. The van der Waals surface area contributed by atoms with Crippen LogP contribution in [0.5, 0.6) is 0 Å². The van der Waals surface area contributed by atoms with Crippen LogP contribution in [-0.4, -0.2) is 0 Å². The van der Waals surface area contributed by atoms with Crippen LogP contribution in [0.2, 0.25) is 0 Å². The third kappa shape index (κ3) is 4.93. The topological polar surface area (TPSA) is 14.1 Å². The zero-order valence-corrected chi connectivity index (χ0v) is 9.95. The molecular weight excluding hydrogens is 255 g/mol. The molecule has 0 saturated carbocycles. The second-order valence-electron chi connectivity index (χ2n) is 1.08. The summed E-state index contributed by atoms with van der Waals surface area (Å²) in [7, 11) is 0. The average molecular weight is 258 g/mol. The Morgan fingerprint density at radius 3 is 2.44 bits per heavy atom. The van der Waals surface area contributed by atoms with Crippen molar-refractivity contribution >= 4 is 11.6 Å². The summed E-state index contributed by atoms with van der Waals surface area (Å²) in [6, 6.07) is 0. The van der Waals surface area contributed by atoms with Crippen LogP contribution < -0.4 is 17.0 Å². The van der Waals surface area contributed by atoms with Crippen molar-refractivity contribution in [3.05, 3.63) is 34.6 Å². The van der Waals surface area contributed by atoms with Gasteiger partial charge in [-0.3, -0.25) is 0 Å². The maximum Gasteiger partial charge on any atom is 2.00 e. The van der Waals surface area contributed by atoms with Crippen LogP contribution in [0.15, 0.2) is 29.2 Å². The molecule has 0 aliphatic carbocycles. The standard InChI is InChI=1S/C5H3ClN.BrH.Zn/c6-5-3-1-2-4-7-5;;/h1,3-4H;1H;/q-1;;+2/p-1. The first kappa shape index (κ1) is 12.2. The third-order valence-corrected chi connectivity index (χ3v) is 0.803. The predicted octanol–water partition coefficient (Wildman–Crippen LogP) is -0.876. The minimum absolute atomic E-state index is 0. The Balaban J connectivity index is 0. The van der Waals surface area contributed by atoms with Gasteiger partial charge in [0.25, 0.3) is 0 Å². The van der Waals surface area contributed by atoms with E-state index in [4.69, 9.17) is 11.6 Å². The summed E-state index contributed by atoms with van der Waals surface area (Å²) in [6.07, 6.45) is 4.93. The molecule has 1 aliphatic heterocycles. The molecule has 1 aliphatic rings. The van der Waals surface area contributed by atoms with Gasteiger partial charge in [-0.15, -0.1) is 23.5 Å². The maximum atomic E-state index is 5.41. The molecule has 44 valence electrons. The first-order valence-electron chi connectivity index (χ1n) is 1.87. The van der Waals surface area contributed by atoms with Crippen LogP contribution in [-0.2, 0) is 19.5 Å². The van der Waals surface area contributed by atoms with E-state index in [9.17, 15) is 0 Å². The van der Waals surface area contributed by atoms with Gasteiger partial charge in [0.15, 0.2) is 0 Å². The van der Waals surface area contributed by atoms with Crippen molar-refractivity contribution in [2.45, 2.75) is 0 Å². The van der Waals surface area contributed by atoms with Crippen molar-refractivity contribution in [2.24, 2.45) is 0 Å². The Labute approximate surface area is 82.4 Å². The molecule has 0 N–H and O–H groups in total. The first-order valence-corrected chi connectivity index (χ1v) is 2.25. The van der Waals surface area contributed by atoms with E-state index in [1.54, 1.807) is 12.2 Å². The summed E-state index contributed by atoms with van der Waals surface area (Å²) in [5, 5.41) is 4.20. The molecule has 1 nitrogen and oxygen atoms in total. The van der Waals surface area contributed by atoms with Crippen LogP contribution in [0, 0.1) is 0 Å². The normalized spacial score (nSPS) is 12.3. The fourth-order valence-corrected chi connectivity index (χ4v) is 0.414. The number of nitrogens with zero attached hydrogens (tertiary/aromatic N) is 1. The number of hydrogen-bond donors (Lipinski definition) is 0. The Hall–Kier alpha value is 0.453. The van der Waals surface area contributed by atoms with Gasteiger partial charge < -0.3 is 22.3 Å². The third-order valence-electron chi connectivity index (χ3n) is 0.580. The van der Waals surface area contributed by atoms with Gasteiger partial charge in [0.2, 0.25) is 0 Å². The van der Waals surface area contributed by atoms with Crippen molar-refractivity contribution in [3.63, 3.8) is 0 Å². The van der Waals surface area contributed by atoms with E-state index in [1.165, 1.54) is 6.20 Å². The number of hydrogen-bond acceptors (Lipinski definition) is 0. The molecule has 0 radical (unpaired) electrons. The molecule has 0 aromatic rings. The summed E-state index contributed by atoms with van der Waals surface area (Å²) in [5.74, 6) is 0. The second kappa shape index (κ2) is 6.57. The zero-order valence-electron chi connectivity index (χ0n) is 4.64. The van der Waals surface area contributed by atoms with Crippen molar-refractivity contribution < 1.29 is 36.5 Å². The molecule has 0 amide bonds. The van der Waals surface area contributed by atoms with Crippen molar-refractivity contribution in [1.29, 1.82) is 0 Å². The number of rotatable bonds is 0. The molecule has 0 saturated heterocycles. The molecule has 0 aromatic heterocycles. The van der Waals surface area contributed by atoms with Crippen molar-refractivity contribution in [3.8, 4) is 0 Å². The van der Waals surface area contributed by atoms with Gasteiger partial charge in [0.05, 0.1) is 0 Å². The monoisotopic (exact) mass is 255 g/mol. The largest absolute Gasteiger partial charge is 2.00 e. The minimum atomic E-state index is 0. The predicted molar refractivity (Wildman–Crippen MR) is 29.9 cm³/mol. The van der Waals surface area contributed by atoms with Crippen LogP contribution in [0.4, 0.5) is 0 Å². The van der Waals surface area contributed by atoms with E-state index in [0.717, 1.165) is 0 Å². The molecular formula is C5H3BrClNZn. The molecule has 0 unspecified atom stereocenters. The van der Waals surface area contributed by atoms with Gasteiger partial charge in [-0.1, -0.05) is 11.2 Å². The second-order valence-corrected chi connectivity index (χ2v) is 1.47. The molecule has 9 heavy (non-hydrogen) atoms. The van der Waals surface area contributed by atoms with E-state index < -0.39 is 0 Å². The van der Waals surface area contributed by atoms with Gasteiger partial charge in [0.1, 0.15) is 0 Å². The number of halogens is 2. The molecule has 0 spiro atoms. The van der Waals surface area contributed by atoms with Crippen LogP contribution in [0.1, 0.15) is 0 Å². The van der Waals surface area contributed by atoms with Gasteiger partial charge in [0, 0.05) is 0 Å². The molecule has 1 rings (SSSR count). The van der Waals surface area contributed by atoms with E-state index in [2.05, 4.69) is 11.0 Å². The van der Waals surface area contributed by atoms with Crippen molar-refractivity contribution in [1.82, 2.24) is 0 Å².